The Labute approximate surface area is 67.2 Å². The number of methoxy groups -OCH3 is 1. The summed E-state index contributed by atoms with van der Waals surface area (Å²) in [7, 11) is 1.45. The zero-order chi connectivity index (χ0) is 8.55. The highest BCUT2D eigenvalue weighted by atomic mass is 16.5. The van der Waals surface area contributed by atoms with Crippen LogP contribution in [0.3, 0.4) is 0 Å². The molecule has 0 bridgehead atoms. The van der Waals surface area contributed by atoms with Gasteiger partial charge in [-0.25, -0.2) is 4.98 Å². The van der Waals surface area contributed by atoms with Gasteiger partial charge in [-0.15, -0.1) is 5.10 Å². The van der Waals surface area contributed by atoms with Crippen molar-refractivity contribution < 1.29 is 9.84 Å². The number of nitrogens with one attached hydrogen (secondary N) is 1. The highest BCUT2D eigenvalue weighted by Crippen LogP contribution is 2.29. The summed E-state index contributed by atoms with van der Waals surface area (Å²) < 4.78 is 4.90. The van der Waals surface area contributed by atoms with Crippen molar-refractivity contribution in [2.75, 3.05) is 7.11 Å². The van der Waals surface area contributed by atoms with Crippen LogP contribution in [-0.2, 0) is 0 Å². The summed E-state index contributed by atoms with van der Waals surface area (Å²) >= 11 is 0. The fourth-order valence-electron chi connectivity index (χ4n) is 0.971. The Kier molecular flexibility index (Phi) is 1.33. The van der Waals surface area contributed by atoms with Crippen LogP contribution in [0.1, 0.15) is 0 Å². The van der Waals surface area contributed by atoms with Crippen LogP contribution in [0.25, 0.3) is 11.2 Å². The molecule has 2 N–H and O–H groups in total. The van der Waals surface area contributed by atoms with E-state index < -0.39 is 0 Å². The number of aromatic nitrogens is 4. The Morgan fingerprint density at radius 1 is 1.50 bits per heavy atom. The van der Waals surface area contributed by atoms with Crippen LogP contribution in [0.5, 0.6) is 11.5 Å². The van der Waals surface area contributed by atoms with Crippen molar-refractivity contribution in [3.05, 3.63) is 6.20 Å². The van der Waals surface area contributed by atoms with Crippen LogP contribution >= 0.6 is 0 Å². The molecule has 0 aliphatic rings. The van der Waals surface area contributed by atoms with Gasteiger partial charge in [-0.3, -0.25) is 0 Å². The van der Waals surface area contributed by atoms with E-state index in [2.05, 4.69) is 20.4 Å². The molecule has 6 heteroatoms. The number of hydrogen-bond acceptors (Lipinski definition) is 5. The van der Waals surface area contributed by atoms with E-state index in [-0.39, 0.29) is 11.5 Å². The standard InChI is InChI=1S/C6H6N4O2/c1-12-5-3(11)2-7-6-4(5)8-10-9-6/h2,11H,1H3,(H,7,8,9,10). The molecule has 0 aromatic carbocycles. The minimum Gasteiger partial charge on any atom is -0.503 e. The van der Waals surface area contributed by atoms with Crippen LogP contribution in [0, 0.1) is 0 Å². The van der Waals surface area contributed by atoms with Crippen molar-refractivity contribution in [3.63, 3.8) is 0 Å². The molecule has 0 unspecified atom stereocenters. The quantitative estimate of drug-likeness (QED) is 0.626. The number of rotatable bonds is 1. The van der Waals surface area contributed by atoms with E-state index in [0.717, 1.165) is 0 Å². The molecule has 0 spiro atoms. The van der Waals surface area contributed by atoms with E-state index in [1.165, 1.54) is 13.3 Å². The second kappa shape index (κ2) is 2.33. The Morgan fingerprint density at radius 3 is 3.08 bits per heavy atom. The second-order valence-corrected chi connectivity index (χ2v) is 2.17. The van der Waals surface area contributed by atoms with Crippen molar-refractivity contribution in [1.82, 2.24) is 20.4 Å². The average molecular weight is 166 g/mol. The molecule has 0 fully saturated rings. The number of fused-ring (bicyclic) bond motifs is 1. The Balaban J connectivity index is 2.83. The molecule has 0 amide bonds. The summed E-state index contributed by atoms with van der Waals surface area (Å²) in [4.78, 5) is 3.81. The molecule has 0 saturated heterocycles. The molecular formula is C6H6N4O2. The summed E-state index contributed by atoms with van der Waals surface area (Å²) in [6.07, 6.45) is 1.27. The van der Waals surface area contributed by atoms with Gasteiger partial charge >= 0.3 is 0 Å². The third-order valence-electron chi connectivity index (χ3n) is 1.49. The molecule has 0 atom stereocenters. The largest absolute Gasteiger partial charge is 0.503 e. The molecular weight excluding hydrogens is 160 g/mol. The van der Waals surface area contributed by atoms with Gasteiger partial charge in [-0.2, -0.15) is 10.3 Å². The van der Waals surface area contributed by atoms with Crippen LogP contribution in [0.4, 0.5) is 0 Å². The van der Waals surface area contributed by atoms with E-state index in [1.807, 2.05) is 0 Å². The predicted octanol–water partition coefficient (Wildman–Crippen LogP) is 0.0671. The molecule has 2 aromatic heterocycles. The SMILES string of the molecule is COc1c(O)cnc2n[nH]nc12. The third-order valence-corrected chi connectivity index (χ3v) is 1.49. The van der Waals surface area contributed by atoms with E-state index in [0.29, 0.717) is 11.2 Å². The summed E-state index contributed by atoms with van der Waals surface area (Å²) in [5, 5.41) is 19.1. The molecule has 2 rings (SSSR count). The number of hydrogen-bond donors (Lipinski definition) is 2. The first-order valence-corrected chi connectivity index (χ1v) is 3.25. The first-order chi connectivity index (χ1) is 5.83. The molecule has 2 aromatic rings. The molecule has 0 saturated carbocycles. The second-order valence-electron chi connectivity index (χ2n) is 2.17. The lowest BCUT2D eigenvalue weighted by Crippen LogP contribution is -1.87. The Hall–Kier alpha value is -1.85. The first-order valence-electron chi connectivity index (χ1n) is 3.25. The normalized spacial score (nSPS) is 10.4. The maximum atomic E-state index is 9.26. The van der Waals surface area contributed by atoms with Gasteiger partial charge in [0.2, 0.25) is 5.65 Å². The molecule has 62 valence electrons. The van der Waals surface area contributed by atoms with Crippen molar-refractivity contribution in [2.45, 2.75) is 0 Å². The van der Waals surface area contributed by atoms with Gasteiger partial charge in [-0.1, -0.05) is 0 Å². The average Bonchev–Trinajstić information content (AvgIpc) is 2.52. The van der Waals surface area contributed by atoms with Crippen LogP contribution in [-0.4, -0.2) is 32.6 Å². The number of ether oxygens (including phenoxy) is 1. The summed E-state index contributed by atoms with van der Waals surface area (Å²) in [6.45, 7) is 0. The monoisotopic (exact) mass is 166 g/mol. The number of nitrogens with zero attached hydrogens (tertiary/aromatic N) is 3. The lowest BCUT2D eigenvalue weighted by Gasteiger charge is -2.00. The number of pyridine rings is 1. The van der Waals surface area contributed by atoms with Crippen molar-refractivity contribution in [1.29, 1.82) is 0 Å². The lowest BCUT2D eigenvalue weighted by atomic mass is 10.4. The van der Waals surface area contributed by atoms with E-state index >= 15 is 0 Å². The zero-order valence-electron chi connectivity index (χ0n) is 6.27. The van der Waals surface area contributed by atoms with E-state index in [4.69, 9.17) is 4.74 Å². The lowest BCUT2D eigenvalue weighted by molar-refractivity contribution is 0.376. The summed E-state index contributed by atoms with van der Waals surface area (Å²) in [6, 6.07) is 0. The highest BCUT2D eigenvalue weighted by molar-refractivity contribution is 5.79. The van der Waals surface area contributed by atoms with Crippen LogP contribution < -0.4 is 4.74 Å². The van der Waals surface area contributed by atoms with Gasteiger partial charge in [0, 0.05) is 0 Å². The van der Waals surface area contributed by atoms with Crippen molar-refractivity contribution in [2.24, 2.45) is 0 Å². The van der Waals surface area contributed by atoms with Gasteiger partial charge in [0.25, 0.3) is 0 Å². The fraction of sp³-hybridized carbons (Fsp3) is 0.167. The Morgan fingerprint density at radius 2 is 2.33 bits per heavy atom. The molecule has 6 nitrogen and oxygen atoms in total. The van der Waals surface area contributed by atoms with Crippen LogP contribution in [0.2, 0.25) is 0 Å². The maximum absolute atomic E-state index is 9.26. The topological polar surface area (TPSA) is 83.9 Å². The van der Waals surface area contributed by atoms with Gasteiger partial charge in [0.1, 0.15) is 0 Å². The van der Waals surface area contributed by atoms with Gasteiger partial charge < -0.3 is 9.84 Å². The van der Waals surface area contributed by atoms with Gasteiger partial charge in [0.15, 0.2) is 17.0 Å². The minimum atomic E-state index is -0.0427. The van der Waals surface area contributed by atoms with Gasteiger partial charge in [-0.05, 0) is 0 Å². The zero-order valence-corrected chi connectivity index (χ0v) is 6.27. The number of H-pyrrole nitrogens is 1. The minimum absolute atomic E-state index is 0.0427. The smallest absolute Gasteiger partial charge is 0.205 e. The van der Waals surface area contributed by atoms with Crippen molar-refractivity contribution >= 4 is 11.2 Å². The van der Waals surface area contributed by atoms with Crippen LogP contribution in [0.15, 0.2) is 6.20 Å². The Bertz CT molecular complexity index is 411. The summed E-state index contributed by atoms with van der Waals surface area (Å²) in [5.41, 5.74) is 0.849. The number of aromatic amines is 1. The predicted molar refractivity (Wildman–Crippen MR) is 39.9 cm³/mol. The van der Waals surface area contributed by atoms with E-state index in [1.54, 1.807) is 0 Å². The molecule has 2 heterocycles. The summed E-state index contributed by atoms with van der Waals surface area (Å²) in [5.74, 6) is 0.243. The molecule has 12 heavy (non-hydrogen) atoms. The van der Waals surface area contributed by atoms with Gasteiger partial charge in [0.05, 0.1) is 13.3 Å². The highest BCUT2D eigenvalue weighted by Gasteiger charge is 2.10. The maximum Gasteiger partial charge on any atom is 0.205 e. The molecule has 0 aliphatic heterocycles. The third kappa shape index (κ3) is 0.777. The molecule has 0 aliphatic carbocycles. The number of aromatic hydroxyl groups is 1. The first kappa shape index (κ1) is 6.84. The molecule has 0 radical (unpaired) electrons. The fourth-order valence-corrected chi connectivity index (χ4v) is 0.971. The van der Waals surface area contributed by atoms with E-state index in [9.17, 15) is 5.11 Å². The van der Waals surface area contributed by atoms with Crippen molar-refractivity contribution in [3.8, 4) is 11.5 Å².